The molecule has 0 radical (unpaired) electrons. The van der Waals surface area contributed by atoms with Crippen molar-refractivity contribution in [3.8, 4) is 0 Å². The topological polar surface area (TPSA) is 45.6 Å². The van der Waals surface area contributed by atoms with Crippen LogP contribution in [-0.2, 0) is 18.3 Å². The fourth-order valence-electron chi connectivity index (χ4n) is 3.00. The molecule has 1 aliphatic heterocycles. The number of carbonyl (C=O) groups excluding carboxylic acids is 2. The number of piperazine rings is 1. The van der Waals surface area contributed by atoms with Gasteiger partial charge in [0.1, 0.15) is 0 Å². The van der Waals surface area contributed by atoms with Gasteiger partial charge in [0, 0.05) is 50.5 Å². The van der Waals surface area contributed by atoms with Crippen LogP contribution in [0.25, 0.3) is 0 Å². The maximum atomic E-state index is 12.5. The third kappa shape index (κ3) is 4.25. The SMILES string of the molecule is CSc1ccc(CC(=O)N2CCN(C(=O)c3ccn(C)c3)CC2)cc1. The van der Waals surface area contributed by atoms with Gasteiger partial charge >= 0.3 is 0 Å². The summed E-state index contributed by atoms with van der Waals surface area (Å²) in [6.07, 6.45) is 6.16. The van der Waals surface area contributed by atoms with Crippen molar-refractivity contribution in [1.82, 2.24) is 14.4 Å². The van der Waals surface area contributed by atoms with Crippen LogP contribution in [0.4, 0.5) is 0 Å². The number of rotatable bonds is 4. The minimum Gasteiger partial charge on any atom is -0.356 e. The first-order valence-corrected chi connectivity index (χ1v) is 9.61. The Labute approximate surface area is 152 Å². The molecule has 2 aromatic rings. The van der Waals surface area contributed by atoms with E-state index in [1.807, 2.05) is 70.4 Å². The van der Waals surface area contributed by atoms with Crippen LogP contribution >= 0.6 is 11.8 Å². The number of aryl methyl sites for hydroxylation is 1. The molecule has 132 valence electrons. The van der Waals surface area contributed by atoms with Gasteiger partial charge < -0.3 is 14.4 Å². The van der Waals surface area contributed by atoms with Crippen LogP contribution in [0.2, 0.25) is 0 Å². The quantitative estimate of drug-likeness (QED) is 0.789. The van der Waals surface area contributed by atoms with Crippen molar-refractivity contribution in [3.05, 3.63) is 53.9 Å². The summed E-state index contributed by atoms with van der Waals surface area (Å²) in [4.78, 5) is 29.8. The number of amides is 2. The Kier molecular flexibility index (Phi) is 5.48. The summed E-state index contributed by atoms with van der Waals surface area (Å²) in [5.41, 5.74) is 1.74. The normalized spacial score (nSPS) is 14.6. The zero-order valence-corrected chi connectivity index (χ0v) is 15.5. The molecule has 6 heteroatoms. The van der Waals surface area contributed by atoms with Crippen molar-refractivity contribution in [2.45, 2.75) is 11.3 Å². The van der Waals surface area contributed by atoms with E-state index in [0.717, 1.165) is 5.56 Å². The Morgan fingerprint density at radius 2 is 1.64 bits per heavy atom. The van der Waals surface area contributed by atoms with Gasteiger partial charge in [-0.15, -0.1) is 11.8 Å². The zero-order valence-electron chi connectivity index (χ0n) is 14.6. The van der Waals surface area contributed by atoms with Gasteiger partial charge in [-0.1, -0.05) is 12.1 Å². The molecule has 2 amide bonds. The van der Waals surface area contributed by atoms with Gasteiger partial charge in [-0.3, -0.25) is 9.59 Å². The number of benzene rings is 1. The van der Waals surface area contributed by atoms with E-state index in [-0.39, 0.29) is 11.8 Å². The summed E-state index contributed by atoms with van der Waals surface area (Å²) in [5, 5.41) is 0. The van der Waals surface area contributed by atoms with Crippen molar-refractivity contribution >= 4 is 23.6 Å². The van der Waals surface area contributed by atoms with Crippen LogP contribution in [0, 0.1) is 0 Å². The molecule has 3 rings (SSSR count). The second-order valence-corrected chi connectivity index (χ2v) is 7.14. The lowest BCUT2D eigenvalue weighted by molar-refractivity contribution is -0.131. The summed E-state index contributed by atoms with van der Waals surface area (Å²) in [5.74, 6) is 0.170. The van der Waals surface area contributed by atoms with Crippen molar-refractivity contribution in [2.24, 2.45) is 7.05 Å². The Balaban J connectivity index is 1.52. The van der Waals surface area contributed by atoms with E-state index >= 15 is 0 Å². The average molecular weight is 357 g/mol. The number of nitrogens with zero attached hydrogens (tertiary/aromatic N) is 3. The lowest BCUT2D eigenvalue weighted by Crippen LogP contribution is -2.50. The second kappa shape index (κ2) is 7.78. The average Bonchev–Trinajstić information content (AvgIpc) is 3.08. The molecule has 1 aromatic carbocycles. The Morgan fingerprint density at radius 1 is 1.00 bits per heavy atom. The highest BCUT2D eigenvalue weighted by Crippen LogP contribution is 2.16. The molecule has 0 atom stereocenters. The fourth-order valence-corrected chi connectivity index (χ4v) is 3.41. The van der Waals surface area contributed by atoms with Crippen LogP contribution in [0.15, 0.2) is 47.6 Å². The van der Waals surface area contributed by atoms with E-state index in [2.05, 4.69) is 0 Å². The lowest BCUT2D eigenvalue weighted by atomic mass is 10.1. The smallest absolute Gasteiger partial charge is 0.255 e. The fraction of sp³-hybridized carbons (Fsp3) is 0.368. The Bertz CT molecular complexity index is 746. The van der Waals surface area contributed by atoms with Crippen LogP contribution in [0.3, 0.4) is 0 Å². The first-order chi connectivity index (χ1) is 12.1. The standard InChI is InChI=1S/C19H23N3O2S/c1-20-8-7-16(14-20)19(24)22-11-9-21(10-12-22)18(23)13-15-3-5-17(25-2)6-4-15/h3-8,14H,9-13H2,1-2H3. The molecule has 2 heterocycles. The largest absolute Gasteiger partial charge is 0.356 e. The van der Waals surface area contributed by atoms with E-state index in [9.17, 15) is 9.59 Å². The van der Waals surface area contributed by atoms with Crippen molar-refractivity contribution in [3.63, 3.8) is 0 Å². The molecule has 0 saturated carbocycles. The molecule has 1 aromatic heterocycles. The first-order valence-electron chi connectivity index (χ1n) is 8.39. The molecule has 0 spiro atoms. The predicted octanol–water partition coefficient (Wildman–Crippen LogP) is 2.27. The molecular weight excluding hydrogens is 334 g/mol. The highest BCUT2D eigenvalue weighted by Gasteiger charge is 2.25. The second-order valence-electron chi connectivity index (χ2n) is 6.26. The molecule has 1 fully saturated rings. The monoisotopic (exact) mass is 357 g/mol. The molecular formula is C19H23N3O2S. The van der Waals surface area contributed by atoms with E-state index < -0.39 is 0 Å². The van der Waals surface area contributed by atoms with Crippen LogP contribution in [-0.4, -0.2) is 58.6 Å². The van der Waals surface area contributed by atoms with Gasteiger partial charge in [0.15, 0.2) is 0 Å². The van der Waals surface area contributed by atoms with Crippen molar-refractivity contribution in [1.29, 1.82) is 0 Å². The van der Waals surface area contributed by atoms with Gasteiger partial charge in [0.05, 0.1) is 12.0 Å². The van der Waals surface area contributed by atoms with Gasteiger partial charge in [-0.25, -0.2) is 0 Å². The number of thioether (sulfide) groups is 1. The first kappa shape index (κ1) is 17.6. The lowest BCUT2D eigenvalue weighted by Gasteiger charge is -2.34. The van der Waals surface area contributed by atoms with E-state index in [1.165, 1.54) is 4.90 Å². The van der Waals surface area contributed by atoms with E-state index in [4.69, 9.17) is 0 Å². The molecule has 0 N–H and O–H groups in total. The molecule has 1 aliphatic rings. The highest BCUT2D eigenvalue weighted by molar-refractivity contribution is 7.98. The third-order valence-corrected chi connectivity index (χ3v) is 5.26. The molecule has 25 heavy (non-hydrogen) atoms. The molecule has 5 nitrogen and oxygen atoms in total. The predicted molar refractivity (Wildman–Crippen MR) is 99.8 cm³/mol. The van der Waals surface area contributed by atoms with Crippen LogP contribution in [0.1, 0.15) is 15.9 Å². The van der Waals surface area contributed by atoms with Gasteiger partial charge in [0.25, 0.3) is 5.91 Å². The zero-order chi connectivity index (χ0) is 17.8. The van der Waals surface area contributed by atoms with Crippen LogP contribution < -0.4 is 0 Å². The Morgan fingerprint density at radius 3 is 2.20 bits per heavy atom. The number of carbonyl (C=O) groups is 2. The number of hydrogen-bond donors (Lipinski definition) is 0. The molecule has 1 saturated heterocycles. The molecule has 0 unspecified atom stereocenters. The summed E-state index contributed by atoms with van der Waals surface area (Å²) in [6.45, 7) is 2.37. The summed E-state index contributed by atoms with van der Waals surface area (Å²) >= 11 is 1.69. The maximum Gasteiger partial charge on any atom is 0.255 e. The van der Waals surface area contributed by atoms with Gasteiger partial charge in [-0.05, 0) is 30.0 Å². The number of hydrogen-bond acceptors (Lipinski definition) is 3. The summed E-state index contributed by atoms with van der Waals surface area (Å²) in [7, 11) is 1.90. The van der Waals surface area contributed by atoms with Gasteiger partial charge in [-0.2, -0.15) is 0 Å². The van der Waals surface area contributed by atoms with E-state index in [1.54, 1.807) is 11.8 Å². The van der Waals surface area contributed by atoms with Gasteiger partial charge in [0.2, 0.25) is 5.91 Å². The molecule has 0 aliphatic carbocycles. The number of aromatic nitrogens is 1. The van der Waals surface area contributed by atoms with Crippen LogP contribution in [0.5, 0.6) is 0 Å². The van der Waals surface area contributed by atoms with Crippen molar-refractivity contribution < 1.29 is 9.59 Å². The molecule has 0 bridgehead atoms. The highest BCUT2D eigenvalue weighted by atomic mass is 32.2. The maximum absolute atomic E-state index is 12.5. The minimum absolute atomic E-state index is 0.0420. The van der Waals surface area contributed by atoms with E-state index in [0.29, 0.717) is 38.2 Å². The Hall–Kier alpha value is -2.21. The van der Waals surface area contributed by atoms with Crippen molar-refractivity contribution in [2.75, 3.05) is 32.4 Å². The third-order valence-electron chi connectivity index (χ3n) is 4.51. The summed E-state index contributed by atoms with van der Waals surface area (Å²) in [6, 6.07) is 9.95. The summed E-state index contributed by atoms with van der Waals surface area (Å²) < 4.78 is 1.87. The minimum atomic E-state index is 0.0420.